The maximum absolute atomic E-state index is 12.6. The van der Waals surface area contributed by atoms with Crippen molar-refractivity contribution in [3.05, 3.63) is 262 Å². The number of aromatic carboxylic acids is 3. The van der Waals surface area contributed by atoms with Gasteiger partial charge in [-0.3, -0.25) is 14.2 Å². The van der Waals surface area contributed by atoms with Crippen LogP contribution in [0.2, 0.25) is 0 Å². The van der Waals surface area contributed by atoms with Crippen molar-refractivity contribution in [1.82, 2.24) is 0 Å². The zero-order valence-electron chi connectivity index (χ0n) is 43.9. The van der Waals surface area contributed by atoms with Crippen LogP contribution >= 0.6 is 0 Å². The van der Waals surface area contributed by atoms with E-state index in [4.69, 9.17) is 15.3 Å². The monoisotopic (exact) mass is 1140 g/mol. The first-order valence-corrected chi connectivity index (χ1v) is 30.4. The van der Waals surface area contributed by atoms with Gasteiger partial charge in [0.2, 0.25) is 20.0 Å². The number of hydrogen-bond donors (Lipinski definition) is 6. The molecule has 0 fully saturated rings. The van der Waals surface area contributed by atoms with Crippen molar-refractivity contribution < 1.29 is 55.0 Å². The van der Waals surface area contributed by atoms with Gasteiger partial charge in [-0.05, 0) is 151 Å². The summed E-state index contributed by atoms with van der Waals surface area (Å²) in [5, 5.41) is 26.9. The fourth-order valence-corrected chi connectivity index (χ4v) is 11.8. The smallest absolute Gasteiger partial charge is 0.335 e. The lowest BCUT2D eigenvalue weighted by atomic mass is 10.0. The van der Waals surface area contributed by atoms with Crippen LogP contribution < -0.4 is 14.2 Å². The molecule has 0 aliphatic rings. The van der Waals surface area contributed by atoms with Crippen LogP contribution in [0, 0.1) is 0 Å². The van der Waals surface area contributed by atoms with Gasteiger partial charge in [-0.25, -0.2) is 39.6 Å². The zero-order valence-corrected chi connectivity index (χ0v) is 46.4. The van der Waals surface area contributed by atoms with Gasteiger partial charge in [0.1, 0.15) is 0 Å². The van der Waals surface area contributed by atoms with Gasteiger partial charge < -0.3 is 15.3 Å². The Labute approximate surface area is 468 Å². The Morgan fingerprint density at radius 2 is 0.688 bits per heavy atom. The summed E-state index contributed by atoms with van der Waals surface area (Å²) in [4.78, 5) is 32.9. The Bertz CT molecular complexity index is 3660. The zero-order chi connectivity index (χ0) is 57.5. The molecule has 0 aliphatic carbocycles. The van der Waals surface area contributed by atoms with E-state index in [2.05, 4.69) is 14.2 Å². The number of nitrogens with one attached hydrogen (secondary N) is 3. The average molecular weight is 1140 g/mol. The van der Waals surface area contributed by atoms with Crippen molar-refractivity contribution in [3.8, 4) is 0 Å². The summed E-state index contributed by atoms with van der Waals surface area (Å²) < 4.78 is 82.5. The highest BCUT2D eigenvalue weighted by Crippen LogP contribution is 2.24. The average Bonchev–Trinajstić information content (AvgIpc) is 3.45. The van der Waals surface area contributed by atoms with Crippen LogP contribution in [-0.2, 0) is 74.3 Å². The molecular weight excluding hydrogens is 1070 g/mol. The number of carboxylic acids is 3. The second kappa shape index (κ2) is 29.4. The second-order valence-electron chi connectivity index (χ2n) is 18.5. The molecule has 6 N–H and O–H groups in total. The van der Waals surface area contributed by atoms with Crippen molar-refractivity contribution in [1.29, 1.82) is 0 Å². The minimum absolute atomic E-state index is 0.0845. The number of carboxylic acid groups (broad SMARTS) is 3. The van der Waals surface area contributed by atoms with Crippen molar-refractivity contribution in [2.24, 2.45) is 0 Å². The number of aryl methyl sites for hydroxylation is 6. The molecule has 80 heavy (non-hydrogen) atoms. The first kappa shape index (κ1) is 60.6. The van der Waals surface area contributed by atoms with Crippen LogP contribution in [0.3, 0.4) is 0 Å². The number of hydrogen-bond acceptors (Lipinski definition) is 9. The molecule has 0 saturated heterocycles. The first-order valence-electron chi connectivity index (χ1n) is 25.6. The minimum Gasteiger partial charge on any atom is -0.478 e. The van der Waals surface area contributed by atoms with E-state index in [0.717, 1.165) is 45.4 Å². The molecule has 8 aromatic rings. The molecule has 0 saturated carbocycles. The van der Waals surface area contributed by atoms with Crippen LogP contribution in [0.1, 0.15) is 89.8 Å². The van der Waals surface area contributed by atoms with Gasteiger partial charge in [-0.1, -0.05) is 153 Å². The SMILES string of the molecule is CCCCS(=O)(=O)Nc1ccccc1CCc1ccc(C(=O)O)cc1.O=C(O)c1ccc(CCc2ccccc2NS(=O)(=O)Cc2ccccc2)cc1.O=C(O)c1ccc(CCc2ccccc2NS(=O)(=O)c2ccccc2)cc1. The lowest BCUT2D eigenvalue weighted by Crippen LogP contribution is -2.17. The van der Waals surface area contributed by atoms with Gasteiger partial charge in [-0.15, -0.1) is 0 Å². The third-order valence-corrected chi connectivity index (χ3v) is 16.5. The van der Waals surface area contributed by atoms with Gasteiger partial charge in [-0.2, -0.15) is 0 Å². The largest absolute Gasteiger partial charge is 0.478 e. The van der Waals surface area contributed by atoms with Gasteiger partial charge >= 0.3 is 17.9 Å². The van der Waals surface area contributed by atoms with E-state index in [1.54, 1.807) is 146 Å². The number of anilines is 3. The number of benzene rings is 8. The lowest BCUT2D eigenvalue weighted by molar-refractivity contribution is 0.0686. The van der Waals surface area contributed by atoms with Crippen molar-refractivity contribution >= 4 is 65.0 Å². The fourth-order valence-electron chi connectivity index (χ4n) is 8.15. The standard InChI is InChI=1S/C22H21NO4S.C21H19NO4S.C19H23NO4S/c24-22(25)20-14-11-17(12-15-20)10-13-19-8-4-5-9-21(19)23-28(26,27)16-18-6-2-1-3-7-18;23-21(24)18-14-11-16(12-15-18)10-13-17-6-4-5-9-20(17)22-27(25,26)19-7-2-1-3-8-19;1-2-3-14-25(23,24)20-18-7-5-4-6-16(18)11-8-15-9-12-17(13-10-15)19(21)22/h1-9,11-12,14-15,23H,10,13,16H2,(H,24,25);1-9,11-12,14-15,22H,10,13H2,(H,23,24);4-7,9-10,12-13,20H,2-3,8,11,14H2,1H3,(H,21,22). The molecule has 0 radical (unpaired) electrons. The third kappa shape index (κ3) is 19.7. The fraction of sp³-hybridized carbons (Fsp3) is 0.177. The molecule has 15 nitrogen and oxygen atoms in total. The van der Waals surface area contributed by atoms with Gasteiger partial charge in [0.25, 0.3) is 10.0 Å². The maximum atomic E-state index is 12.6. The maximum Gasteiger partial charge on any atom is 0.335 e. The predicted molar refractivity (Wildman–Crippen MR) is 314 cm³/mol. The van der Waals surface area contributed by atoms with E-state index in [9.17, 15) is 39.6 Å². The summed E-state index contributed by atoms with van der Waals surface area (Å²) in [5.74, 6) is -2.82. The van der Waals surface area contributed by atoms with E-state index >= 15 is 0 Å². The Morgan fingerprint density at radius 1 is 0.362 bits per heavy atom. The quantitative estimate of drug-likeness (QED) is 0.0331. The summed E-state index contributed by atoms with van der Waals surface area (Å²) in [6.07, 6.45) is 5.44. The Kier molecular flexibility index (Phi) is 22.3. The molecule has 0 spiro atoms. The van der Waals surface area contributed by atoms with Crippen molar-refractivity contribution in [2.75, 3.05) is 19.9 Å². The van der Waals surface area contributed by atoms with Crippen molar-refractivity contribution in [3.63, 3.8) is 0 Å². The van der Waals surface area contributed by atoms with Crippen LogP contribution in [-0.4, -0.2) is 64.2 Å². The number of carbonyl (C=O) groups is 3. The molecule has 0 aromatic heterocycles. The van der Waals surface area contributed by atoms with E-state index in [1.165, 1.54) is 0 Å². The second-order valence-corrected chi connectivity index (χ2v) is 23.8. The molecular formula is C62H63N3O12S3. The first-order chi connectivity index (χ1) is 38.3. The molecule has 0 amide bonds. The summed E-state index contributed by atoms with van der Waals surface area (Å²) in [7, 11) is -10.5. The summed E-state index contributed by atoms with van der Waals surface area (Å²) in [6, 6.07) is 59.4. The highest BCUT2D eigenvalue weighted by Gasteiger charge is 2.17. The number of sulfonamides is 3. The van der Waals surface area contributed by atoms with E-state index < -0.39 is 48.0 Å². The topological polar surface area (TPSA) is 250 Å². The van der Waals surface area contributed by atoms with Crippen molar-refractivity contribution in [2.45, 2.75) is 68.9 Å². The van der Waals surface area contributed by atoms with Gasteiger partial charge in [0.05, 0.1) is 50.2 Å². The third-order valence-electron chi connectivity index (χ3n) is 12.5. The predicted octanol–water partition coefficient (Wildman–Crippen LogP) is 11.8. The molecule has 416 valence electrons. The summed E-state index contributed by atoms with van der Waals surface area (Å²) in [6.45, 7) is 1.96. The molecule has 8 rings (SSSR count). The Morgan fingerprint density at radius 3 is 1.05 bits per heavy atom. The number of rotatable bonds is 24. The van der Waals surface area contributed by atoms with E-state index in [-0.39, 0.29) is 33.1 Å². The number of para-hydroxylation sites is 3. The molecule has 0 bridgehead atoms. The minimum atomic E-state index is -3.65. The van der Waals surface area contributed by atoms with Crippen LogP contribution in [0.15, 0.2) is 211 Å². The Balaban J connectivity index is 0.000000194. The molecule has 0 heterocycles. The molecule has 0 atom stereocenters. The lowest BCUT2D eigenvalue weighted by Gasteiger charge is -2.13. The number of unbranched alkanes of at least 4 members (excludes halogenated alkanes) is 1. The highest BCUT2D eigenvalue weighted by molar-refractivity contribution is 7.93. The van der Waals surface area contributed by atoms with Crippen LogP contribution in [0.5, 0.6) is 0 Å². The summed E-state index contributed by atoms with van der Waals surface area (Å²) in [5.41, 5.74) is 8.88. The summed E-state index contributed by atoms with van der Waals surface area (Å²) >= 11 is 0. The van der Waals surface area contributed by atoms with E-state index in [1.807, 2.05) is 67.6 Å². The highest BCUT2D eigenvalue weighted by atomic mass is 32.2. The molecule has 0 aliphatic heterocycles. The van der Waals surface area contributed by atoms with Crippen LogP contribution in [0.4, 0.5) is 17.1 Å². The normalized spacial score (nSPS) is 11.2. The molecule has 8 aromatic carbocycles. The van der Waals surface area contributed by atoms with E-state index in [0.29, 0.717) is 62.0 Å². The Hall–Kier alpha value is -8.58. The van der Waals surface area contributed by atoms with Gasteiger partial charge in [0, 0.05) is 0 Å². The van der Waals surface area contributed by atoms with Gasteiger partial charge in [0.15, 0.2) is 0 Å². The molecule has 0 unspecified atom stereocenters. The molecule has 18 heteroatoms. The van der Waals surface area contributed by atoms with Crippen LogP contribution in [0.25, 0.3) is 0 Å².